The van der Waals surface area contributed by atoms with Gasteiger partial charge >= 0.3 is 6.09 Å². The predicted molar refractivity (Wildman–Crippen MR) is 141 cm³/mol. The number of aromatic nitrogens is 3. The maximum Gasteiger partial charge on any atom is 0.410 e. The maximum atomic E-state index is 13.1. The molecule has 3 aliphatic rings. The molecule has 37 heavy (non-hydrogen) atoms. The van der Waals surface area contributed by atoms with Gasteiger partial charge in [0.25, 0.3) is 0 Å². The van der Waals surface area contributed by atoms with E-state index < -0.39 is 0 Å². The summed E-state index contributed by atoms with van der Waals surface area (Å²) >= 11 is 0. The lowest BCUT2D eigenvalue weighted by Crippen LogP contribution is -2.64. The second kappa shape index (κ2) is 9.45. The van der Waals surface area contributed by atoms with Crippen molar-refractivity contribution in [1.29, 1.82) is 0 Å². The highest BCUT2D eigenvalue weighted by molar-refractivity contribution is 5.77. The van der Waals surface area contributed by atoms with Gasteiger partial charge in [0.05, 0.1) is 24.3 Å². The fourth-order valence-electron chi connectivity index (χ4n) is 6.16. The third kappa shape index (κ3) is 4.68. The highest BCUT2D eigenvalue weighted by Gasteiger charge is 2.54. The van der Waals surface area contributed by atoms with Crippen LogP contribution in [0, 0.1) is 5.41 Å². The highest BCUT2D eigenvalue weighted by atomic mass is 16.6. The van der Waals surface area contributed by atoms with E-state index in [0.29, 0.717) is 18.5 Å². The molecule has 194 valence electrons. The van der Waals surface area contributed by atoms with Gasteiger partial charge in [-0.2, -0.15) is 0 Å². The molecule has 1 aromatic carbocycles. The summed E-state index contributed by atoms with van der Waals surface area (Å²) in [7, 11) is 1.64. The number of amides is 1. The Morgan fingerprint density at radius 3 is 2.59 bits per heavy atom. The van der Waals surface area contributed by atoms with Crippen LogP contribution in [0.4, 0.5) is 10.6 Å². The fraction of sp³-hybridized carbons (Fsp3) is 0.500. The Labute approximate surface area is 217 Å². The Hall–Kier alpha value is -3.46. The van der Waals surface area contributed by atoms with E-state index in [1.807, 2.05) is 41.7 Å². The van der Waals surface area contributed by atoms with Gasteiger partial charge in [0.2, 0.25) is 0 Å². The van der Waals surface area contributed by atoms with Crippen LogP contribution in [0.3, 0.4) is 0 Å². The Morgan fingerprint density at radius 1 is 1.05 bits per heavy atom. The molecule has 2 saturated heterocycles. The summed E-state index contributed by atoms with van der Waals surface area (Å²) in [6.07, 6.45) is 7.27. The lowest BCUT2D eigenvalue weighted by molar-refractivity contribution is -0.137. The van der Waals surface area contributed by atoms with Gasteiger partial charge in [0, 0.05) is 68.7 Å². The number of hydrogen-bond acceptors (Lipinski definition) is 8. The smallest absolute Gasteiger partial charge is 0.410 e. The van der Waals surface area contributed by atoms with Crippen LogP contribution < -0.4 is 9.64 Å². The van der Waals surface area contributed by atoms with Gasteiger partial charge in [-0.25, -0.2) is 9.78 Å². The zero-order chi connectivity index (χ0) is 25.6. The van der Waals surface area contributed by atoms with Crippen molar-refractivity contribution in [1.82, 2.24) is 24.8 Å². The van der Waals surface area contributed by atoms with Crippen LogP contribution in [-0.2, 0) is 11.3 Å². The van der Waals surface area contributed by atoms with E-state index in [-0.39, 0.29) is 24.3 Å². The van der Waals surface area contributed by atoms with Crippen molar-refractivity contribution in [3.8, 4) is 5.75 Å². The van der Waals surface area contributed by atoms with Crippen molar-refractivity contribution in [2.45, 2.75) is 51.4 Å². The number of piperazine rings is 1. The third-order valence-electron chi connectivity index (χ3n) is 8.11. The lowest BCUT2D eigenvalue weighted by Gasteiger charge is -2.58. The van der Waals surface area contributed by atoms with Crippen LogP contribution in [0.5, 0.6) is 5.75 Å². The number of carbonyl (C=O) groups excluding carboxylic acids is 1. The largest absolute Gasteiger partial charge is 0.497 e. The molecule has 0 radical (unpaired) electrons. The number of methoxy groups -OCH3 is 1. The maximum absolute atomic E-state index is 13.1. The van der Waals surface area contributed by atoms with Gasteiger partial charge in [-0.05, 0) is 56.5 Å². The average Bonchev–Trinajstić information content (AvgIpc) is 2.87. The SMILES string of the molecule is COc1ccc2nc(N3C[C@@H](C)N(C(=O)OC4CC5(C4)CN(Cc4ccncc4)C5)C[C@@H]3C)cnc2c1. The van der Waals surface area contributed by atoms with Gasteiger partial charge in [-0.1, -0.05) is 0 Å². The summed E-state index contributed by atoms with van der Waals surface area (Å²) in [6, 6.07) is 9.98. The number of nitrogens with zero attached hydrogens (tertiary/aromatic N) is 6. The third-order valence-corrected chi connectivity index (χ3v) is 8.11. The monoisotopic (exact) mass is 502 g/mol. The summed E-state index contributed by atoms with van der Waals surface area (Å²) in [6.45, 7) is 8.60. The zero-order valence-electron chi connectivity index (χ0n) is 21.7. The molecular weight excluding hydrogens is 468 g/mol. The minimum Gasteiger partial charge on any atom is -0.497 e. The van der Waals surface area contributed by atoms with Crippen molar-refractivity contribution in [2.24, 2.45) is 5.41 Å². The van der Waals surface area contributed by atoms with Crippen LogP contribution in [0.2, 0.25) is 0 Å². The van der Waals surface area contributed by atoms with Crippen LogP contribution in [0.15, 0.2) is 48.9 Å². The van der Waals surface area contributed by atoms with Crippen molar-refractivity contribution < 1.29 is 14.3 Å². The number of pyridine rings is 1. The number of carbonyl (C=O) groups is 1. The molecule has 2 aromatic heterocycles. The van der Waals surface area contributed by atoms with Gasteiger partial charge in [-0.15, -0.1) is 0 Å². The topological polar surface area (TPSA) is 83.9 Å². The lowest BCUT2D eigenvalue weighted by atomic mass is 9.61. The Kier molecular flexibility index (Phi) is 6.10. The summed E-state index contributed by atoms with van der Waals surface area (Å²) < 4.78 is 11.2. The van der Waals surface area contributed by atoms with Crippen LogP contribution in [-0.4, -0.2) is 82.3 Å². The van der Waals surface area contributed by atoms with E-state index in [0.717, 1.165) is 55.1 Å². The number of fused-ring (bicyclic) bond motifs is 1. The second-order valence-electron chi connectivity index (χ2n) is 11.0. The molecule has 4 heterocycles. The first-order valence-electron chi connectivity index (χ1n) is 13.1. The second-order valence-corrected chi connectivity index (χ2v) is 11.0. The normalized spacial score (nSPS) is 23.5. The van der Waals surface area contributed by atoms with Gasteiger partial charge in [0.1, 0.15) is 17.7 Å². The molecule has 0 N–H and O–H groups in total. The number of likely N-dealkylation sites (tertiary alicyclic amines) is 1. The molecule has 0 bridgehead atoms. The molecule has 2 atom stereocenters. The van der Waals surface area contributed by atoms with Crippen molar-refractivity contribution >= 4 is 22.9 Å². The molecule has 0 unspecified atom stereocenters. The van der Waals surface area contributed by atoms with Crippen molar-refractivity contribution in [3.63, 3.8) is 0 Å². The molecule has 1 amide bonds. The van der Waals surface area contributed by atoms with Crippen LogP contribution in [0.1, 0.15) is 32.3 Å². The molecule has 1 spiro atoms. The zero-order valence-corrected chi connectivity index (χ0v) is 21.7. The molecule has 1 saturated carbocycles. The molecule has 3 fully saturated rings. The molecule has 2 aliphatic heterocycles. The molecule has 9 heteroatoms. The van der Waals surface area contributed by atoms with Crippen LogP contribution in [0.25, 0.3) is 11.0 Å². The first kappa shape index (κ1) is 23.9. The Morgan fingerprint density at radius 2 is 1.84 bits per heavy atom. The number of rotatable bonds is 5. The number of ether oxygens (including phenoxy) is 2. The Bertz CT molecular complexity index is 1270. The number of anilines is 1. The van der Waals surface area contributed by atoms with E-state index in [2.05, 4.69) is 45.7 Å². The van der Waals surface area contributed by atoms with E-state index in [1.54, 1.807) is 7.11 Å². The number of hydrogen-bond donors (Lipinski definition) is 0. The van der Waals surface area contributed by atoms with Gasteiger partial charge in [0.15, 0.2) is 0 Å². The van der Waals surface area contributed by atoms with E-state index in [9.17, 15) is 4.79 Å². The minimum atomic E-state index is -0.191. The average molecular weight is 503 g/mol. The molecule has 3 aromatic rings. The van der Waals surface area contributed by atoms with E-state index in [1.165, 1.54) is 5.56 Å². The Balaban J connectivity index is 1.01. The van der Waals surface area contributed by atoms with E-state index >= 15 is 0 Å². The van der Waals surface area contributed by atoms with Crippen LogP contribution >= 0.6 is 0 Å². The van der Waals surface area contributed by atoms with Crippen molar-refractivity contribution in [3.05, 3.63) is 54.5 Å². The fourth-order valence-corrected chi connectivity index (χ4v) is 6.16. The first-order chi connectivity index (χ1) is 17.9. The van der Waals surface area contributed by atoms with E-state index in [4.69, 9.17) is 14.5 Å². The van der Waals surface area contributed by atoms with Crippen molar-refractivity contribution in [2.75, 3.05) is 38.2 Å². The quantitative estimate of drug-likeness (QED) is 0.522. The summed E-state index contributed by atoms with van der Waals surface area (Å²) in [5.74, 6) is 1.59. The van der Waals surface area contributed by atoms with Gasteiger partial charge < -0.3 is 19.3 Å². The summed E-state index contributed by atoms with van der Waals surface area (Å²) in [5, 5.41) is 0. The first-order valence-corrected chi connectivity index (χ1v) is 13.1. The minimum absolute atomic E-state index is 0.0191. The summed E-state index contributed by atoms with van der Waals surface area (Å²) in [4.78, 5) is 33.2. The molecular formula is C28H34N6O3. The van der Waals surface area contributed by atoms with Gasteiger partial charge in [-0.3, -0.25) is 14.9 Å². The molecule has 9 nitrogen and oxygen atoms in total. The predicted octanol–water partition coefficient (Wildman–Crippen LogP) is 3.73. The standard InChI is InChI=1S/C28H34N6O3/c1-19-15-34(20(2)14-33(19)26-13-30-25-10-22(36-3)4-5-24(25)31-26)27(35)37-23-11-28(12-23)17-32(18-28)16-21-6-8-29-9-7-21/h4-10,13,19-20,23H,11-12,14-18H2,1-3H3/t19-,20+/m0/s1. The molecule has 1 aliphatic carbocycles. The number of benzene rings is 1. The highest BCUT2D eigenvalue weighted by Crippen LogP contribution is 2.50. The molecule has 6 rings (SSSR count). The summed E-state index contributed by atoms with van der Waals surface area (Å²) in [5.41, 5.74) is 3.25.